The predicted molar refractivity (Wildman–Crippen MR) is 289 cm³/mol. The quantitative estimate of drug-likeness (QED) is 0.0343. The van der Waals surface area contributed by atoms with Crippen molar-refractivity contribution in [3.8, 4) is 0 Å². The standard InChI is InChI=1S/C61H118O6/c1-5-7-9-11-13-15-17-19-20-21-22-26-29-33-37-41-45-49-53-60(63)66-56-58(55-65-59(62)52-48-44-40-36-32-18-16-14-12-10-8-6-2)67-61(64)54-50-46-42-38-34-30-27-24-23-25-28-31-35-39-43-47-51-57(3)4/h57-58H,5-56H2,1-4H3/t58-/m1/s1. The highest BCUT2D eigenvalue weighted by molar-refractivity contribution is 5.71. The fourth-order valence-corrected chi connectivity index (χ4v) is 9.46. The van der Waals surface area contributed by atoms with E-state index in [0.717, 1.165) is 63.7 Å². The van der Waals surface area contributed by atoms with E-state index in [1.54, 1.807) is 0 Å². The smallest absolute Gasteiger partial charge is 0.306 e. The summed E-state index contributed by atoms with van der Waals surface area (Å²) in [4.78, 5) is 38.2. The molecule has 0 aliphatic rings. The average molecular weight is 948 g/mol. The minimum atomic E-state index is -0.762. The van der Waals surface area contributed by atoms with Crippen molar-refractivity contribution in [2.75, 3.05) is 13.2 Å². The summed E-state index contributed by atoms with van der Waals surface area (Å²) in [6, 6.07) is 0. The van der Waals surface area contributed by atoms with Crippen molar-refractivity contribution in [1.82, 2.24) is 0 Å². The van der Waals surface area contributed by atoms with Gasteiger partial charge in [-0.05, 0) is 25.2 Å². The van der Waals surface area contributed by atoms with Crippen LogP contribution in [0.15, 0.2) is 0 Å². The number of ether oxygens (including phenoxy) is 3. The SMILES string of the molecule is CCCCCCCCCCCCCCCCCCCCC(=O)OC[C@@H](COC(=O)CCCCCCCCCCCCCC)OC(=O)CCCCCCCCCCCCCCCCCCC(C)C. The van der Waals surface area contributed by atoms with Gasteiger partial charge in [-0.1, -0.05) is 310 Å². The molecule has 0 saturated carbocycles. The molecular weight excluding hydrogens is 829 g/mol. The van der Waals surface area contributed by atoms with E-state index in [0.29, 0.717) is 19.3 Å². The third-order valence-corrected chi connectivity index (χ3v) is 14.0. The Balaban J connectivity index is 4.25. The lowest BCUT2D eigenvalue weighted by atomic mass is 10.0. The lowest BCUT2D eigenvalue weighted by Crippen LogP contribution is -2.30. The molecule has 0 amide bonds. The lowest BCUT2D eigenvalue weighted by Gasteiger charge is -2.18. The van der Waals surface area contributed by atoms with Gasteiger partial charge in [0.2, 0.25) is 0 Å². The van der Waals surface area contributed by atoms with Gasteiger partial charge in [-0.3, -0.25) is 14.4 Å². The van der Waals surface area contributed by atoms with Crippen molar-refractivity contribution in [3.63, 3.8) is 0 Å². The van der Waals surface area contributed by atoms with Crippen molar-refractivity contribution in [3.05, 3.63) is 0 Å². The molecule has 0 fully saturated rings. The fraction of sp³-hybridized carbons (Fsp3) is 0.951. The van der Waals surface area contributed by atoms with Crippen LogP contribution in [0.25, 0.3) is 0 Å². The summed E-state index contributed by atoms with van der Waals surface area (Å²) in [7, 11) is 0. The Labute approximate surface area is 418 Å². The van der Waals surface area contributed by atoms with Crippen LogP contribution in [0.3, 0.4) is 0 Å². The highest BCUT2D eigenvalue weighted by atomic mass is 16.6. The highest BCUT2D eigenvalue weighted by Gasteiger charge is 2.19. The first-order chi connectivity index (χ1) is 32.9. The van der Waals surface area contributed by atoms with Crippen molar-refractivity contribution < 1.29 is 28.6 Å². The second kappa shape index (κ2) is 55.3. The zero-order chi connectivity index (χ0) is 48.8. The normalized spacial score (nSPS) is 12.0. The van der Waals surface area contributed by atoms with Gasteiger partial charge in [0, 0.05) is 19.3 Å². The largest absolute Gasteiger partial charge is 0.462 e. The number of carbonyl (C=O) groups is 3. The van der Waals surface area contributed by atoms with E-state index < -0.39 is 6.10 Å². The van der Waals surface area contributed by atoms with Crippen LogP contribution < -0.4 is 0 Å². The Morgan fingerprint density at radius 1 is 0.284 bits per heavy atom. The maximum Gasteiger partial charge on any atom is 0.306 e. The molecule has 0 unspecified atom stereocenters. The summed E-state index contributed by atoms with van der Waals surface area (Å²) in [5.41, 5.74) is 0. The Morgan fingerprint density at radius 3 is 0.731 bits per heavy atom. The maximum atomic E-state index is 12.9. The Morgan fingerprint density at radius 2 is 0.493 bits per heavy atom. The molecule has 6 heteroatoms. The van der Waals surface area contributed by atoms with Gasteiger partial charge in [-0.25, -0.2) is 0 Å². The van der Waals surface area contributed by atoms with Crippen LogP contribution in [0.4, 0.5) is 0 Å². The number of unbranched alkanes of at least 4 members (excludes halogenated alkanes) is 43. The molecule has 0 aliphatic carbocycles. The molecule has 0 aromatic carbocycles. The van der Waals surface area contributed by atoms with E-state index in [2.05, 4.69) is 27.7 Å². The third-order valence-electron chi connectivity index (χ3n) is 14.0. The Bertz CT molecular complexity index is 1010. The van der Waals surface area contributed by atoms with Crippen molar-refractivity contribution in [2.24, 2.45) is 5.92 Å². The predicted octanol–water partition coefficient (Wildman–Crippen LogP) is 20.2. The first-order valence-corrected chi connectivity index (χ1v) is 30.4. The molecular formula is C61H118O6. The molecule has 0 saturated heterocycles. The molecule has 0 radical (unpaired) electrons. The molecule has 0 bridgehead atoms. The number of esters is 3. The van der Waals surface area contributed by atoms with Crippen LogP contribution in [-0.4, -0.2) is 37.2 Å². The summed E-state index contributed by atoms with van der Waals surface area (Å²) in [6.45, 7) is 9.08. The third kappa shape index (κ3) is 55.2. The molecule has 0 aliphatic heterocycles. The molecule has 1 atom stereocenters. The Kier molecular flexibility index (Phi) is 54.0. The topological polar surface area (TPSA) is 78.9 Å². The van der Waals surface area contributed by atoms with Crippen molar-refractivity contribution in [2.45, 2.75) is 355 Å². The van der Waals surface area contributed by atoms with Crippen LogP contribution >= 0.6 is 0 Å². The summed E-state index contributed by atoms with van der Waals surface area (Å²) < 4.78 is 16.9. The molecule has 0 rings (SSSR count). The second-order valence-electron chi connectivity index (χ2n) is 21.5. The van der Waals surface area contributed by atoms with E-state index in [-0.39, 0.29) is 31.1 Å². The van der Waals surface area contributed by atoms with Crippen LogP contribution in [0.2, 0.25) is 0 Å². The molecule has 0 spiro atoms. The van der Waals surface area contributed by atoms with Gasteiger partial charge in [-0.15, -0.1) is 0 Å². The van der Waals surface area contributed by atoms with E-state index in [1.807, 2.05) is 0 Å². The monoisotopic (exact) mass is 947 g/mol. The minimum Gasteiger partial charge on any atom is -0.462 e. The zero-order valence-electron chi connectivity index (χ0n) is 45.9. The molecule has 0 N–H and O–H groups in total. The summed E-state index contributed by atoms with van der Waals surface area (Å²) in [5.74, 6) is 0.0200. The maximum absolute atomic E-state index is 12.9. The summed E-state index contributed by atoms with van der Waals surface area (Å²) in [5, 5.41) is 0. The molecule has 67 heavy (non-hydrogen) atoms. The molecule has 6 nitrogen and oxygen atoms in total. The van der Waals surface area contributed by atoms with E-state index in [9.17, 15) is 14.4 Å². The molecule has 0 aromatic rings. The van der Waals surface area contributed by atoms with E-state index >= 15 is 0 Å². The number of hydrogen-bond donors (Lipinski definition) is 0. The van der Waals surface area contributed by atoms with Crippen LogP contribution in [-0.2, 0) is 28.6 Å². The van der Waals surface area contributed by atoms with Gasteiger partial charge in [0.25, 0.3) is 0 Å². The Hall–Kier alpha value is -1.59. The lowest BCUT2D eigenvalue weighted by molar-refractivity contribution is -0.167. The van der Waals surface area contributed by atoms with Gasteiger partial charge >= 0.3 is 17.9 Å². The van der Waals surface area contributed by atoms with E-state index in [1.165, 1.54) is 244 Å². The van der Waals surface area contributed by atoms with Gasteiger partial charge in [0.15, 0.2) is 6.10 Å². The second-order valence-corrected chi connectivity index (χ2v) is 21.5. The summed E-state index contributed by atoms with van der Waals surface area (Å²) >= 11 is 0. The minimum absolute atomic E-state index is 0.0614. The zero-order valence-corrected chi connectivity index (χ0v) is 45.9. The van der Waals surface area contributed by atoms with Crippen LogP contribution in [0.1, 0.15) is 349 Å². The van der Waals surface area contributed by atoms with Crippen LogP contribution in [0.5, 0.6) is 0 Å². The summed E-state index contributed by atoms with van der Waals surface area (Å²) in [6.07, 6.45) is 61.0. The number of hydrogen-bond acceptors (Lipinski definition) is 6. The van der Waals surface area contributed by atoms with Gasteiger partial charge in [-0.2, -0.15) is 0 Å². The van der Waals surface area contributed by atoms with Crippen molar-refractivity contribution >= 4 is 17.9 Å². The van der Waals surface area contributed by atoms with Gasteiger partial charge < -0.3 is 14.2 Å². The first-order valence-electron chi connectivity index (χ1n) is 30.4. The number of rotatable bonds is 56. The van der Waals surface area contributed by atoms with Gasteiger partial charge in [0.1, 0.15) is 13.2 Å². The highest BCUT2D eigenvalue weighted by Crippen LogP contribution is 2.18. The van der Waals surface area contributed by atoms with Crippen LogP contribution in [0, 0.1) is 5.92 Å². The first kappa shape index (κ1) is 65.4. The van der Waals surface area contributed by atoms with Gasteiger partial charge in [0.05, 0.1) is 0 Å². The number of carbonyl (C=O) groups excluding carboxylic acids is 3. The molecule has 0 aromatic heterocycles. The molecule has 0 heterocycles. The average Bonchev–Trinajstić information content (AvgIpc) is 3.31. The fourth-order valence-electron chi connectivity index (χ4n) is 9.46. The van der Waals surface area contributed by atoms with Crippen molar-refractivity contribution in [1.29, 1.82) is 0 Å². The van der Waals surface area contributed by atoms with E-state index in [4.69, 9.17) is 14.2 Å². The molecule has 398 valence electrons.